The van der Waals surface area contributed by atoms with Gasteiger partial charge in [0.15, 0.2) is 5.82 Å². The standard InChI is InChI=1S/C20H26N4O3S/c1-28(25,26)14-20(8-11-27-12-9-20)13-22-18-15-5-4-7-16(15)23-19(24-18)17-6-2-3-10-21-17/h2-3,6,10H,4-5,7-9,11-14H2,1H3,(H,22,23,24). The monoisotopic (exact) mass is 402 g/mol. The van der Waals surface area contributed by atoms with Crippen LogP contribution in [0, 0.1) is 5.41 Å². The molecule has 0 atom stereocenters. The van der Waals surface area contributed by atoms with Crippen LogP contribution < -0.4 is 5.32 Å². The maximum absolute atomic E-state index is 12.0. The average Bonchev–Trinajstić information content (AvgIpc) is 3.15. The van der Waals surface area contributed by atoms with Crippen molar-refractivity contribution in [2.75, 3.05) is 37.1 Å². The molecular formula is C20H26N4O3S. The lowest BCUT2D eigenvalue weighted by Crippen LogP contribution is -2.41. The lowest BCUT2D eigenvalue weighted by atomic mass is 9.82. The number of hydrogen-bond donors (Lipinski definition) is 1. The van der Waals surface area contributed by atoms with Crippen molar-refractivity contribution in [1.29, 1.82) is 0 Å². The van der Waals surface area contributed by atoms with Gasteiger partial charge < -0.3 is 10.1 Å². The van der Waals surface area contributed by atoms with Gasteiger partial charge in [0.05, 0.1) is 5.75 Å². The summed E-state index contributed by atoms with van der Waals surface area (Å²) in [6.07, 6.45) is 7.46. The van der Waals surface area contributed by atoms with E-state index < -0.39 is 9.84 Å². The highest BCUT2D eigenvalue weighted by atomic mass is 32.2. The lowest BCUT2D eigenvalue weighted by molar-refractivity contribution is 0.0315. The summed E-state index contributed by atoms with van der Waals surface area (Å²) in [4.78, 5) is 13.9. The van der Waals surface area contributed by atoms with Crippen LogP contribution in [0.1, 0.15) is 30.5 Å². The van der Waals surface area contributed by atoms with E-state index in [0.29, 0.717) is 25.6 Å². The summed E-state index contributed by atoms with van der Waals surface area (Å²) in [5.74, 6) is 1.60. The molecule has 1 fully saturated rings. The number of aromatic nitrogens is 3. The molecule has 1 saturated heterocycles. The van der Waals surface area contributed by atoms with Gasteiger partial charge in [-0.15, -0.1) is 0 Å². The summed E-state index contributed by atoms with van der Waals surface area (Å²) in [5, 5.41) is 3.49. The van der Waals surface area contributed by atoms with Gasteiger partial charge in [-0.3, -0.25) is 4.98 Å². The molecule has 0 aromatic carbocycles. The molecule has 8 heteroatoms. The number of anilines is 1. The molecule has 0 saturated carbocycles. The van der Waals surface area contributed by atoms with Gasteiger partial charge in [-0.2, -0.15) is 0 Å². The zero-order valence-electron chi connectivity index (χ0n) is 16.1. The van der Waals surface area contributed by atoms with E-state index in [-0.39, 0.29) is 11.2 Å². The van der Waals surface area contributed by atoms with Crippen LogP contribution in [-0.2, 0) is 27.4 Å². The van der Waals surface area contributed by atoms with Crippen molar-refractivity contribution < 1.29 is 13.2 Å². The van der Waals surface area contributed by atoms with Gasteiger partial charge in [-0.05, 0) is 44.2 Å². The first-order valence-corrected chi connectivity index (χ1v) is 11.8. The molecule has 3 heterocycles. The predicted molar refractivity (Wildman–Crippen MR) is 108 cm³/mol. The molecule has 1 aliphatic carbocycles. The van der Waals surface area contributed by atoms with Crippen molar-refractivity contribution in [1.82, 2.24) is 15.0 Å². The SMILES string of the molecule is CS(=O)(=O)CC1(CNc2nc(-c3ccccn3)nc3c2CCC3)CCOCC1. The van der Waals surface area contributed by atoms with Gasteiger partial charge in [0.25, 0.3) is 0 Å². The van der Waals surface area contributed by atoms with E-state index in [1.165, 1.54) is 6.26 Å². The molecule has 1 N–H and O–H groups in total. The van der Waals surface area contributed by atoms with E-state index in [1.54, 1.807) is 6.20 Å². The molecule has 0 spiro atoms. The number of sulfone groups is 1. The van der Waals surface area contributed by atoms with Crippen molar-refractivity contribution in [2.45, 2.75) is 32.1 Å². The Morgan fingerprint density at radius 2 is 2.00 bits per heavy atom. The molecular weight excluding hydrogens is 376 g/mol. The Bertz CT molecular complexity index is 941. The number of rotatable bonds is 6. The number of pyridine rings is 1. The number of ether oxygens (including phenoxy) is 1. The maximum Gasteiger partial charge on any atom is 0.180 e. The second-order valence-electron chi connectivity index (χ2n) is 7.93. The molecule has 2 aliphatic rings. The van der Waals surface area contributed by atoms with E-state index >= 15 is 0 Å². The highest BCUT2D eigenvalue weighted by Crippen LogP contribution is 2.34. The first kappa shape index (κ1) is 19.3. The van der Waals surface area contributed by atoms with Crippen LogP contribution in [0.2, 0.25) is 0 Å². The van der Waals surface area contributed by atoms with E-state index in [0.717, 1.165) is 54.9 Å². The van der Waals surface area contributed by atoms with Crippen LogP contribution in [0.5, 0.6) is 0 Å². The number of nitrogens with zero attached hydrogens (tertiary/aromatic N) is 3. The third-order valence-electron chi connectivity index (χ3n) is 5.58. The Kier molecular flexibility index (Phi) is 5.33. The molecule has 0 bridgehead atoms. The summed E-state index contributed by atoms with van der Waals surface area (Å²) >= 11 is 0. The quantitative estimate of drug-likeness (QED) is 0.792. The average molecular weight is 403 g/mol. The van der Waals surface area contributed by atoms with Crippen LogP contribution >= 0.6 is 0 Å². The minimum absolute atomic E-state index is 0.163. The third kappa shape index (κ3) is 4.33. The van der Waals surface area contributed by atoms with Gasteiger partial charge in [-0.1, -0.05) is 6.07 Å². The molecule has 1 aliphatic heterocycles. The topological polar surface area (TPSA) is 94.1 Å². The maximum atomic E-state index is 12.0. The number of nitrogens with one attached hydrogen (secondary N) is 1. The highest BCUT2D eigenvalue weighted by molar-refractivity contribution is 7.90. The lowest BCUT2D eigenvalue weighted by Gasteiger charge is -2.37. The van der Waals surface area contributed by atoms with E-state index in [2.05, 4.69) is 10.3 Å². The Hall–Kier alpha value is -2.06. The number of hydrogen-bond acceptors (Lipinski definition) is 7. The molecule has 0 radical (unpaired) electrons. The number of fused-ring (bicyclic) bond motifs is 1. The van der Waals surface area contributed by atoms with Gasteiger partial charge in [-0.25, -0.2) is 18.4 Å². The molecule has 7 nitrogen and oxygen atoms in total. The molecule has 150 valence electrons. The first-order chi connectivity index (χ1) is 13.4. The van der Waals surface area contributed by atoms with Crippen LogP contribution in [-0.4, -0.2) is 55.1 Å². The summed E-state index contributed by atoms with van der Waals surface area (Å²) in [6, 6.07) is 5.70. The van der Waals surface area contributed by atoms with Crippen molar-refractivity contribution in [3.8, 4) is 11.5 Å². The molecule has 4 rings (SSSR count). The summed E-state index contributed by atoms with van der Waals surface area (Å²) in [6.45, 7) is 1.76. The van der Waals surface area contributed by atoms with Crippen LogP contribution in [0.4, 0.5) is 5.82 Å². The Morgan fingerprint density at radius 1 is 1.18 bits per heavy atom. The highest BCUT2D eigenvalue weighted by Gasteiger charge is 2.36. The van der Waals surface area contributed by atoms with Crippen molar-refractivity contribution in [3.63, 3.8) is 0 Å². The number of aryl methyl sites for hydroxylation is 1. The van der Waals surface area contributed by atoms with Crippen LogP contribution in [0.25, 0.3) is 11.5 Å². The Balaban J connectivity index is 1.62. The Morgan fingerprint density at radius 3 is 2.71 bits per heavy atom. The van der Waals surface area contributed by atoms with Gasteiger partial charge in [0, 0.05) is 48.9 Å². The minimum atomic E-state index is -3.09. The summed E-state index contributed by atoms with van der Waals surface area (Å²) in [5.41, 5.74) is 2.65. The summed E-state index contributed by atoms with van der Waals surface area (Å²) < 4.78 is 29.6. The minimum Gasteiger partial charge on any atom is -0.381 e. The second kappa shape index (κ2) is 7.75. The van der Waals surface area contributed by atoms with Crippen molar-refractivity contribution in [3.05, 3.63) is 35.7 Å². The van der Waals surface area contributed by atoms with Crippen LogP contribution in [0.15, 0.2) is 24.4 Å². The largest absolute Gasteiger partial charge is 0.381 e. The van der Waals surface area contributed by atoms with Crippen LogP contribution in [0.3, 0.4) is 0 Å². The molecule has 2 aromatic rings. The molecule has 28 heavy (non-hydrogen) atoms. The van der Waals surface area contributed by atoms with E-state index in [4.69, 9.17) is 14.7 Å². The zero-order chi connectivity index (χ0) is 19.6. The van der Waals surface area contributed by atoms with Gasteiger partial charge in [0.2, 0.25) is 0 Å². The molecule has 0 unspecified atom stereocenters. The smallest absolute Gasteiger partial charge is 0.180 e. The first-order valence-electron chi connectivity index (χ1n) is 9.75. The molecule has 2 aromatic heterocycles. The fourth-order valence-corrected chi connectivity index (χ4v) is 5.70. The fourth-order valence-electron chi connectivity index (χ4n) is 4.19. The van der Waals surface area contributed by atoms with Gasteiger partial charge in [0.1, 0.15) is 21.3 Å². The zero-order valence-corrected chi connectivity index (χ0v) is 17.0. The van der Waals surface area contributed by atoms with E-state index in [1.807, 2.05) is 18.2 Å². The second-order valence-corrected chi connectivity index (χ2v) is 10.1. The van der Waals surface area contributed by atoms with Gasteiger partial charge >= 0.3 is 0 Å². The fraction of sp³-hybridized carbons (Fsp3) is 0.550. The summed E-state index contributed by atoms with van der Waals surface area (Å²) in [7, 11) is -3.09. The predicted octanol–water partition coefficient (Wildman–Crippen LogP) is 2.28. The molecule has 0 amide bonds. The van der Waals surface area contributed by atoms with Crippen molar-refractivity contribution >= 4 is 15.7 Å². The van der Waals surface area contributed by atoms with Crippen molar-refractivity contribution in [2.24, 2.45) is 5.41 Å². The Labute approximate surface area is 165 Å². The van der Waals surface area contributed by atoms with E-state index in [9.17, 15) is 8.42 Å². The third-order valence-corrected chi connectivity index (χ3v) is 6.72. The normalized spacial score (nSPS) is 18.6.